The second-order valence-corrected chi connectivity index (χ2v) is 24.6. The summed E-state index contributed by atoms with van der Waals surface area (Å²) in [6, 6.07) is 19.8. The van der Waals surface area contributed by atoms with E-state index >= 15 is 0 Å². The van der Waals surface area contributed by atoms with Gasteiger partial charge in [-0.05, 0) is 119 Å². The zero-order chi connectivity index (χ0) is 66.4. The monoisotopic (exact) mass is 1220 g/mol. The molecule has 6 rings (SSSR count). The van der Waals surface area contributed by atoms with E-state index in [1.54, 1.807) is 57.2 Å². The van der Waals surface area contributed by atoms with Crippen molar-refractivity contribution >= 4 is 47.1 Å². The Labute approximate surface area is 526 Å². The SMILES string of the molecule is C/C1=C\C=C/[C@H](C)[C@@H](OC(N)=O)/C(C)=C/[C@H](C)[C@@H](O)[C@@H](C)C[C@H](C)CC2=C(CCc3ccccc3)C(=O)C=C(NC1=O)C2=O.CC1=C2C[C@@H](C)C[C@H](C)[C@H](O)[C@@H](C)/C=C(\C)[C@H](OC(N)=O)[C@@H](C)/C=C\C=C(/C)C(=O)NC(=CC1=O)C2=O.NCc1ccccc1. The van der Waals surface area contributed by atoms with Crippen molar-refractivity contribution in [3.8, 4) is 0 Å². The number of amides is 4. The minimum atomic E-state index is -0.904. The molecule has 0 aromatic heterocycles. The number of allylic oxidation sites excluding steroid dienone is 10. The third-order valence-corrected chi connectivity index (χ3v) is 16.7. The maximum atomic E-state index is 13.8. The highest BCUT2D eigenvalue weighted by Gasteiger charge is 2.34. The van der Waals surface area contributed by atoms with Gasteiger partial charge >= 0.3 is 12.2 Å². The number of Topliss-reactive ketones (excluding diaryl/α,β-unsaturated/α-hetero) is 2. The molecule has 2 aliphatic carbocycles. The van der Waals surface area contributed by atoms with E-state index in [0.29, 0.717) is 78.5 Å². The van der Waals surface area contributed by atoms with Crippen LogP contribution in [0.2, 0.25) is 0 Å². The van der Waals surface area contributed by atoms with Crippen LogP contribution in [0.1, 0.15) is 133 Å². The number of aliphatic hydroxyl groups is 2. The van der Waals surface area contributed by atoms with E-state index in [2.05, 4.69) is 10.6 Å². The van der Waals surface area contributed by atoms with Gasteiger partial charge in [0.15, 0.2) is 11.6 Å². The van der Waals surface area contributed by atoms with Crippen molar-refractivity contribution in [1.29, 1.82) is 0 Å². The topological polar surface area (TPSA) is 298 Å². The average Bonchev–Trinajstić information content (AvgIpc) is 1.36. The molecule has 0 spiro atoms. The summed E-state index contributed by atoms with van der Waals surface area (Å²) >= 11 is 0. The third-order valence-electron chi connectivity index (χ3n) is 16.7. The molecule has 17 nitrogen and oxygen atoms in total. The summed E-state index contributed by atoms with van der Waals surface area (Å²) in [7, 11) is 0. The number of nitrogens with two attached hydrogens (primary N) is 3. The number of carbonyl (C=O) groups excluding carboxylic acids is 8. The Hall–Kier alpha value is -8.12. The predicted octanol–water partition coefficient (Wildman–Crippen LogP) is 10.9. The van der Waals surface area contributed by atoms with E-state index in [4.69, 9.17) is 26.7 Å². The van der Waals surface area contributed by atoms with Gasteiger partial charge in [-0.15, -0.1) is 0 Å². The van der Waals surface area contributed by atoms with E-state index in [1.807, 2.05) is 142 Å². The normalized spacial score (nSPS) is 30.4. The number of benzene rings is 2. The Balaban J connectivity index is 0.000000341. The van der Waals surface area contributed by atoms with Crippen LogP contribution < -0.4 is 27.8 Å². The number of aliphatic hydroxyl groups excluding tert-OH is 2. The molecule has 480 valence electrons. The number of hydrogen-bond donors (Lipinski definition) is 7. The highest BCUT2D eigenvalue weighted by atomic mass is 16.6. The third kappa shape index (κ3) is 22.5. The van der Waals surface area contributed by atoms with Crippen LogP contribution in [0, 0.1) is 47.3 Å². The lowest BCUT2D eigenvalue weighted by atomic mass is 9.80. The minimum absolute atomic E-state index is 0.00226. The molecule has 2 aromatic rings. The maximum Gasteiger partial charge on any atom is 0.405 e. The molecule has 4 aliphatic rings. The van der Waals surface area contributed by atoms with Gasteiger partial charge in [0.1, 0.15) is 12.2 Å². The summed E-state index contributed by atoms with van der Waals surface area (Å²) in [4.78, 5) is 102. The van der Waals surface area contributed by atoms with Crippen LogP contribution in [0.3, 0.4) is 0 Å². The molecule has 89 heavy (non-hydrogen) atoms. The van der Waals surface area contributed by atoms with Crippen LogP contribution in [-0.2, 0) is 51.2 Å². The summed E-state index contributed by atoms with van der Waals surface area (Å²) in [5.41, 5.74) is 22.0. The zero-order valence-electron chi connectivity index (χ0n) is 54.1. The molecule has 0 saturated carbocycles. The van der Waals surface area contributed by atoms with Gasteiger partial charge < -0.3 is 47.5 Å². The Morgan fingerprint density at radius 1 is 0.539 bits per heavy atom. The summed E-state index contributed by atoms with van der Waals surface area (Å²) in [6.45, 7) is 24.6. The van der Waals surface area contributed by atoms with Crippen LogP contribution in [0.25, 0.3) is 0 Å². The van der Waals surface area contributed by atoms with Crippen LogP contribution >= 0.6 is 0 Å². The van der Waals surface area contributed by atoms with Gasteiger partial charge in [0.25, 0.3) is 11.8 Å². The molecule has 17 heteroatoms. The number of ketones is 4. The van der Waals surface area contributed by atoms with Crippen molar-refractivity contribution in [2.75, 3.05) is 0 Å². The van der Waals surface area contributed by atoms with Crippen molar-refractivity contribution < 1.29 is 58.0 Å². The number of primary amides is 2. The summed E-state index contributed by atoms with van der Waals surface area (Å²) in [5.74, 6) is -3.65. The quantitative estimate of drug-likeness (QED) is 0.105. The minimum Gasteiger partial charge on any atom is -0.441 e. The van der Waals surface area contributed by atoms with Crippen molar-refractivity contribution in [3.05, 3.63) is 189 Å². The summed E-state index contributed by atoms with van der Waals surface area (Å²) in [5, 5.41) is 27.5. The smallest absolute Gasteiger partial charge is 0.405 e. The highest BCUT2D eigenvalue weighted by Crippen LogP contribution is 2.34. The Kier molecular flexibility index (Phi) is 29.0. The number of fused-ring (bicyclic) bond motifs is 4. The van der Waals surface area contributed by atoms with E-state index in [-0.39, 0.29) is 81.9 Å². The molecular formula is C72H95N5O12. The highest BCUT2D eigenvalue weighted by molar-refractivity contribution is 6.24. The van der Waals surface area contributed by atoms with Gasteiger partial charge in [-0.25, -0.2) is 9.59 Å². The van der Waals surface area contributed by atoms with Crippen LogP contribution in [-0.4, -0.2) is 81.8 Å². The summed E-state index contributed by atoms with van der Waals surface area (Å²) in [6.07, 6.45) is 14.7. The maximum absolute atomic E-state index is 13.8. The number of hydrogen-bond acceptors (Lipinski definition) is 13. The molecule has 0 unspecified atom stereocenters. The number of rotatable bonds is 6. The van der Waals surface area contributed by atoms with E-state index in [9.17, 15) is 48.6 Å². The molecule has 12 atom stereocenters. The zero-order valence-corrected chi connectivity index (χ0v) is 54.1. The predicted molar refractivity (Wildman–Crippen MR) is 347 cm³/mol. The van der Waals surface area contributed by atoms with Gasteiger partial charge in [0, 0.05) is 75.8 Å². The number of nitrogens with one attached hydrogen (secondary N) is 2. The van der Waals surface area contributed by atoms with Crippen molar-refractivity contribution in [2.45, 2.75) is 159 Å². The lowest BCUT2D eigenvalue weighted by Gasteiger charge is -2.28. The fraction of sp³-hybridized carbons (Fsp3) is 0.444. The van der Waals surface area contributed by atoms with Gasteiger partial charge in [0.05, 0.1) is 23.6 Å². The molecule has 2 aromatic carbocycles. The molecule has 2 heterocycles. The second-order valence-electron chi connectivity index (χ2n) is 24.6. The molecule has 2 aliphatic heterocycles. The second kappa shape index (κ2) is 35.2. The largest absolute Gasteiger partial charge is 0.441 e. The van der Waals surface area contributed by atoms with Crippen molar-refractivity contribution in [1.82, 2.24) is 10.6 Å². The van der Waals surface area contributed by atoms with Crippen LogP contribution in [0.4, 0.5) is 9.59 Å². The Morgan fingerprint density at radius 3 is 1.34 bits per heavy atom. The first kappa shape index (κ1) is 73.4. The van der Waals surface area contributed by atoms with E-state index in [1.165, 1.54) is 17.7 Å². The Bertz CT molecular complexity index is 3210. The molecular weight excluding hydrogens is 1130 g/mol. The van der Waals surface area contributed by atoms with E-state index in [0.717, 1.165) is 16.7 Å². The average molecular weight is 1220 g/mol. The molecule has 0 saturated heterocycles. The van der Waals surface area contributed by atoms with Gasteiger partial charge in [0.2, 0.25) is 11.6 Å². The van der Waals surface area contributed by atoms with Crippen molar-refractivity contribution in [2.24, 2.45) is 64.5 Å². The van der Waals surface area contributed by atoms with Gasteiger partial charge in [-0.3, -0.25) is 28.8 Å². The van der Waals surface area contributed by atoms with Crippen molar-refractivity contribution in [3.63, 3.8) is 0 Å². The molecule has 4 bridgehead atoms. The molecule has 4 amide bonds. The lowest BCUT2D eigenvalue weighted by Crippen LogP contribution is -2.33. The standard InChI is InChI=1S/C36H46N2O6.C29H40N2O6.C7H9N/c1-21-17-24(4)32(40)25(5)19-26(6)34(44-36(37)43)22(2)11-10-12-23(3)35(42)38-30-20-31(39)28(29(18-21)33(30)41)16-15-27-13-8-7-9-14-27;1-15-11-18(4)25(33)19(5)13-20(6)27(37-29(30)36)16(2)9-8-10-17(3)28(35)31-23-14-24(32)21(7)22(12-15)26(23)34;8-6-7-4-2-1-3-5-7/h7-14,19-22,24-25,32,34,40H,15-18H2,1-6H3,(H2,37,43)(H,38,42);8-10,13-16,18-19,25,27,33H,11-12H2,1-7H3,(H2,30,36)(H,31,35);1-5H,6,8H2/b11-10-,23-12+,26-19+;9-8-,17-10+,20-13+;/t21-,22-,24-,25-,32-,34+;15-,16-,18-,19-,25-,27+;/m00./s1. The van der Waals surface area contributed by atoms with Crippen LogP contribution in [0.5, 0.6) is 0 Å². The number of aryl methyl sites for hydroxylation is 1. The van der Waals surface area contributed by atoms with Gasteiger partial charge in [-0.1, -0.05) is 165 Å². The van der Waals surface area contributed by atoms with E-state index < -0.39 is 48.4 Å². The molecule has 0 fully saturated rings. The van der Waals surface area contributed by atoms with Gasteiger partial charge in [-0.2, -0.15) is 0 Å². The lowest BCUT2D eigenvalue weighted by molar-refractivity contribution is -0.120. The first-order valence-corrected chi connectivity index (χ1v) is 30.7. The fourth-order valence-corrected chi connectivity index (χ4v) is 11.7. The van der Waals surface area contributed by atoms with Crippen LogP contribution in [0.15, 0.2) is 177 Å². The first-order chi connectivity index (χ1) is 41.9. The Morgan fingerprint density at radius 2 is 0.933 bits per heavy atom. The number of carbonyl (C=O) groups is 8. The molecule has 10 N–H and O–H groups in total. The fourth-order valence-electron chi connectivity index (χ4n) is 11.7. The summed E-state index contributed by atoms with van der Waals surface area (Å²) < 4.78 is 10.8. The number of ether oxygens (including phenoxy) is 2. The molecule has 0 radical (unpaired) electrons. The first-order valence-electron chi connectivity index (χ1n) is 30.7.